The monoisotopic (exact) mass is 178 g/mol. The zero-order valence-electron chi connectivity index (χ0n) is 7.52. The van der Waals surface area contributed by atoms with Crippen LogP contribution in [0.2, 0.25) is 0 Å². The molecule has 0 aromatic carbocycles. The second kappa shape index (κ2) is 3.06. The highest BCUT2D eigenvalue weighted by atomic mass is 32.1. The first-order chi connectivity index (χ1) is 5.81. The van der Waals surface area contributed by atoms with Gasteiger partial charge in [0, 0.05) is 9.75 Å². The van der Waals surface area contributed by atoms with Crippen LogP contribution in [0.25, 0.3) is 5.57 Å². The number of rotatable bonds is 1. The third-order valence-electron chi connectivity index (χ3n) is 2.45. The van der Waals surface area contributed by atoms with Crippen LogP contribution in [-0.2, 0) is 12.8 Å². The molecule has 64 valence electrons. The fourth-order valence-corrected chi connectivity index (χ4v) is 2.90. The Morgan fingerprint density at radius 3 is 3.00 bits per heavy atom. The molecule has 0 spiro atoms. The topological polar surface area (TPSA) is 0 Å². The van der Waals surface area contributed by atoms with E-state index in [4.69, 9.17) is 0 Å². The summed E-state index contributed by atoms with van der Waals surface area (Å²) in [6.45, 7) is 6.34. The maximum Gasteiger partial charge on any atom is 0.0331 e. The summed E-state index contributed by atoms with van der Waals surface area (Å²) in [7, 11) is 0. The molecule has 0 nitrogen and oxygen atoms in total. The summed E-state index contributed by atoms with van der Waals surface area (Å²) in [6.07, 6.45) is 4.94. The molecule has 1 aromatic heterocycles. The molecule has 1 aliphatic carbocycles. The second-order valence-corrected chi connectivity index (χ2v) is 4.51. The lowest BCUT2D eigenvalue weighted by Gasteiger charge is -2.12. The third kappa shape index (κ3) is 1.22. The van der Waals surface area contributed by atoms with E-state index < -0.39 is 0 Å². The lowest BCUT2D eigenvalue weighted by molar-refractivity contribution is 0.830. The molecule has 0 saturated heterocycles. The van der Waals surface area contributed by atoms with Crippen LogP contribution >= 0.6 is 11.3 Å². The number of hydrogen-bond donors (Lipinski definition) is 0. The van der Waals surface area contributed by atoms with Gasteiger partial charge in [0.2, 0.25) is 0 Å². The molecule has 0 aliphatic heterocycles. The minimum atomic E-state index is 1.17. The SMILES string of the molecule is C=C1CCCc2cc(CC)sc21. The predicted octanol–water partition coefficient (Wildman–Crippen LogP) is 3.66. The van der Waals surface area contributed by atoms with Crippen molar-refractivity contribution in [3.05, 3.63) is 28.0 Å². The molecule has 0 bridgehead atoms. The number of hydrogen-bond acceptors (Lipinski definition) is 1. The maximum atomic E-state index is 4.11. The van der Waals surface area contributed by atoms with Crippen molar-refractivity contribution < 1.29 is 0 Å². The van der Waals surface area contributed by atoms with Gasteiger partial charge < -0.3 is 0 Å². The lowest BCUT2D eigenvalue weighted by Crippen LogP contribution is -1.95. The van der Waals surface area contributed by atoms with Crippen LogP contribution in [0.15, 0.2) is 12.6 Å². The third-order valence-corrected chi connectivity index (χ3v) is 3.88. The molecule has 1 heterocycles. The van der Waals surface area contributed by atoms with Gasteiger partial charge in [-0.2, -0.15) is 0 Å². The molecule has 1 aliphatic rings. The van der Waals surface area contributed by atoms with Crippen molar-refractivity contribution in [3.8, 4) is 0 Å². The van der Waals surface area contributed by atoms with Crippen LogP contribution in [0.3, 0.4) is 0 Å². The standard InChI is InChI=1S/C11H14S/c1-3-10-7-9-6-4-5-8(2)11(9)12-10/h7H,2-6H2,1H3. The fraction of sp³-hybridized carbons (Fsp3) is 0.455. The summed E-state index contributed by atoms with van der Waals surface area (Å²) in [6, 6.07) is 2.37. The molecular weight excluding hydrogens is 164 g/mol. The van der Waals surface area contributed by atoms with Gasteiger partial charge in [-0.3, -0.25) is 0 Å². The summed E-state index contributed by atoms with van der Waals surface area (Å²) < 4.78 is 0. The zero-order valence-corrected chi connectivity index (χ0v) is 8.34. The molecule has 0 amide bonds. The van der Waals surface area contributed by atoms with Crippen molar-refractivity contribution in [1.82, 2.24) is 0 Å². The zero-order chi connectivity index (χ0) is 8.55. The largest absolute Gasteiger partial charge is 0.140 e. The van der Waals surface area contributed by atoms with E-state index in [2.05, 4.69) is 19.6 Å². The van der Waals surface area contributed by atoms with Gasteiger partial charge in [0.05, 0.1) is 0 Å². The molecule has 0 fully saturated rings. The molecule has 0 radical (unpaired) electrons. The van der Waals surface area contributed by atoms with Gasteiger partial charge in [-0.15, -0.1) is 11.3 Å². The predicted molar refractivity (Wildman–Crippen MR) is 55.7 cm³/mol. The minimum Gasteiger partial charge on any atom is -0.140 e. The van der Waals surface area contributed by atoms with Crippen molar-refractivity contribution in [3.63, 3.8) is 0 Å². The molecule has 0 atom stereocenters. The number of fused-ring (bicyclic) bond motifs is 1. The molecule has 1 aromatic rings. The molecule has 0 N–H and O–H groups in total. The Labute approximate surface area is 77.9 Å². The van der Waals surface area contributed by atoms with Crippen molar-refractivity contribution in [2.45, 2.75) is 32.6 Å². The average molecular weight is 178 g/mol. The van der Waals surface area contributed by atoms with Gasteiger partial charge in [-0.05, 0) is 42.9 Å². The van der Waals surface area contributed by atoms with Crippen LogP contribution in [0, 0.1) is 0 Å². The van der Waals surface area contributed by atoms with Crippen molar-refractivity contribution in [2.75, 3.05) is 0 Å². The van der Waals surface area contributed by atoms with E-state index in [9.17, 15) is 0 Å². The van der Waals surface area contributed by atoms with Gasteiger partial charge in [0.15, 0.2) is 0 Å². The quantitative estimate of drug-likeness (QED) is 0.615. The van der Waals surface area contributed by atoms with E-state index >= 15 is 0 Å². The Hall–Kier alpha value is -0.560. The number of allylic oxidation sites excluding steroid dienone is 1. The fourth-order valence-electron chi connectivity index (χ4n) is 1.75. The maximum absolute atomic E-state index is 4.11. The molecule has 1 heteroatoms. The summed E-state index contributed by atoms with van der Waals surface area (Å²) in [4.78, 5) is 3.00. The Morgan fingerprint density at radius 1 is 1.50 bits per heavy atom. The highest BCUT2D eigenvalue weighted by Crippen LogP contribution is 2.35. The van der Waals surface area contributed by atoms with Crippen LogP contribution in [0.5, 0.6) is 0 Å². The molecular formula is C11H14S. The van der Waals surface area contributed by atoms with Crippen LogP contribution in [-0.4, -0.2) is 0 Å². The van der Waals surface area contributed by atoms with Crippen LogP contribution in [0.4, 0.5) is 0 Å². The normalized spacial score (nSPS) is 16.2. The first kappa shape index (κ1) is 8.06. The van der Waals surface area contributed by atoms with E-state index in [0.29, 0.717) is 0 Å². The molecule has 0 saturated carbocycles. The van der Waals surface area contributed by atoms with Crippen LogP contribution < -0.4 is 0 Å². The Bertz CT molecular complexity index is 307. The number of aryl methyl sites for hydroxylation is 2. The van der Waals surface area contributed by atoms with Gasteiger partial charge in [-0.1, -0.05) is 13.5 Å². The van der Waals surface area contributed by atoms with E-state index in [1.165, 1.54) is 41.0 Å². The van der Waals surface area contributed by atoms with Crippen molar-refractivity contribution >= 4 is 16.9 Å². The van der Waals surface area contributed by atoms with Crippen molar-refractivity contribution in [2.24, 2.45) is 0 Å². The van der Waals surface area contributed by atoms with Gasteiger partial charge in [0.25, 0.3) is 0 Å². The molecule has 2 rings (SSSR count). The van der Waals surface area contributed by atoms with E-state index in [0.717, 1.165) is 0 Å². The summed E-state index contributed by atoms with van der Waals surface area (Å²) >= 11 is 1.94. The smallest absolute Gasteiger partial charge is 0.0331 e. The second-order valence-electron chi connectivity index (χ2n) is 3.38. The van der Waals surface area contributed by atoms with E-state index in [1.54, 1.807) is 5.56 Å². The lowest BCUT2D eigenvalue weighted by atomic mass is 9.95. The molecule has 12 heavy (non-hydrogen) atoms. The Kier molecular flexibility index (Phi) is 2.05. The highest BCUT2D eigenvalue weighted by Gasteiger charge is 2.15. The van der Waals surface area contributed by atoms with Crippen LogP contribution in [0.1, 0.15) is 35.1 Å². The first-order valence-corrected chi connectivity index (χ1v) is 5.42. The summed E-state index contributed by atoms with van der Waals surface area (Å²) in [5.74, 6) is 0. The van der Waals surface area contributed by atoms with E-state index in [1.807, 2.05) is 11.3 Å². The van der Waals surface area contributed by atoms with Gasteiger partial charge in [-0.25, -0.2) is 0 Å². The van der Waals surface area contributed by atoms with Crippen molar-refractivity contribution in [1.29, 1.82) is 0 Å². The summed E-state index contributed by atoms with van der Waals surface area (Å²) in [5, 5.41) is 0. The van der Waals surface area contributed by atoms with Gasteiger partial charge in [0.1, 0.15) is 0 Å². The van der Waals surface area contributed by atoms with E-state index in [-0.39, 0.29) is 0 Å². The summed E-state index contributed by atoms with van der Waals surface area (Å²) in [5.41, 5.74) is 2.91. The Morgan fingerprint density at radius 2 is 2.33 bits per heavy atom. The Balaban J connectivity index is 2.43. The molecule has 0 unspecified atom stereocenters. The average Bonchev–Trinajstić information content (AvgIpc) is 2.49. The van der Waals surface area contributed by atoms with Gasteiger partial charge >= 0.3 is 0 Å². The highest BCUT2D eigenvalue weighted by molar-refractivity contribution is 7.13. The number of thiophene rings is 1. The minimum absolute atomic E-state index is 1.17. The first-order valence-electron chi connectivity index (χ1n) is 4.61.